The highest BCUT2D eigenvalue weighted by atomic mass is 32.1. The number of nitrogens with one attached hydrogen (secondary N) is 2. The topological polar surface area (TPSA) is 53.9 Å². The molecule has 2 rings (SSSR count). The van der Waals surface area contributed by atoms with E-state index < -0.39 is 0 Å². The van der Waals surface area contributed by atoms with Gasteiger partial charge >= 0.3 is 0 Å². The van der Waals surface area contributed by atoms with E-state index in [1.54, 1.807) is 33.3 Å². The molecule has 0 fully saturated rings. The Morgan fingerprint density at radius 3 is 2.44 bits per heavy atom. The zero-order valence-electron chi connectivity index (χ0n) is 14.6. The van der Waals surface area contributed by atoms with Gasteiger partial charge in [-0.25, -0.2) is 4.39 Å². The van der Waals surface area contributed by atoms with E-state index in [9.17, 15) is 14.0 Å². The Kier molecular flexibility index (Phi) is 6.66. The second kappa shape index (κ2) is 8.73. The molecule has 0 saturated carbocycles. The van der Waals surface area contributed by atoms with Crippen LogP contribution >= 0.6 is 11.3 Å². The smallest absolute Gasteiger partial charge is 0.277 e. The fourth-order valence-electron chi connectivity index (χ4n) is 2.39. The van der Waals surface area contributed by atoms with Crippen molar-refractivity contribution in [1.82, 2.24) is 10.2 Å². The predicted octanol–water partition coefficient (Wildman–Crippen LogP) is 0.696. The van der Waals surface area contributed by atoms with Crippen molar-refractivity contribution in [3.63, 3.8) is 0 Å². The zero-order valence-corrected chi connectivity index (χ0v) is 15.4. The van der Waals surface area contributed by atoms with Gasteiger partial charge in [0.2, 0.25) is 0 Å². The van der Waals surface area contributed by atoms with E-state index in [0.29, 0.717) is 0 Å². The summed E-state index contributed by atoms with van der Waals surface area (Å²) < 4.78 is 13.2. The third-order valence-corrected chi connectivity index (χ3v) is 4.69. The first-order valence-electron chi connectivity index (χ1n) is 7.96. The third kappa shape index (κ3) is 5.65. The highest BCUT2D eigenvalue weighted by Crippen LogP contribution is 2.26. The van der Waals surface area contributed by atoms with Crippen molar-refractivity contribution in [2.75, 3.05) is 34.2 Å². The molecule has 0 radical (unpaired) electrons. The highest BCUT2D eigenvalue weighted by molar-refractivity contribution is 7.10. The van der Waals surface area contributed by atoms with Gasteiger partial charge in [0.05, 0.1) is 13.1 Å². The number of benzene rings is 1. The monoisotopic (exact) mass is 364 g/mol. The summed E-state index contributed by atoms with van der Waals surface area (Å²) in [5.74, 6) is -0.503. The zero-order chi connectivity index (χ0) is 18.4. The molecule has 5 nitrogen and oxygen atoms in total. The van der Waals surface area contributed by atoms with Gasteiger partial charge in [-0.1, -0.05) is 18.2 Å². The number of hydrogen-bond donors (Lipinski definition) is 2. The molecule has 0 aliphatic rings. The molecule has 7 heteroatoms. The van der Waals surface area contributed by atoms with Crippen LogP contribution in [0.15, 0.2) is 41.8 Å². The minimum Gasteiger partial charge on any atom is -0.344 e. The van der Waals surface area contributed by atoms with Crippen molar-refractivity contribution < 1.29 is 18.9 Å². The Hall–Kier alpha value is -2.25. The molecule has 2 amide bonds. The number of nitrogens with zero attached hydrogens (tertiary/aromatic N) is 1. The molecule has 0 bridgehead atoms. The molecule has 2 aromatic rings. The molecule has 134 valence electrons. The van der Waals surface area contributed by atoms with E-state index in [1.807, 2.05) is 17.5 Å². The Morgan fingerprint density at radius 1 is 1.20 bits per heavy atom. The molecule has 1 heterocycles. The van der Waals surface area contributed by atoms with Crippen LogP contribution < -0.4 is 10.2 Å². The van der Waals surface area contributed by atoms with Crippen LogP contribution in [0.1, 0.15) is 16.5 Å². The van der Waals surface area contributed by atoms with Crippen LogP contribution in [0.4, 0.5) is 4.39 Å². The molecule has 1 aromatic carbocycles. The van der Waals surface area contributed by atoms with Gasteiger partial charge in [-0.05, 0) is 29.1 Å². The number of halogens is 1. The van der Waals surface area contributed by atoms with Crippen LogP contribution in [-0.4, -0.2) is 50.9 Å². The molecular formula is C18H23FN3O2S+. The number of carbonyl (C=O) groups excluding carboxylic acids is 2. The summed E-state index contributed by atoms with van der Waals surface area (Å²) in [5.41, 5.74) is 0.819. The van der Waals surface area contributed by atoms with Gasteiger partial charge < -0.3 is 15.1 Å². The highest BCUT2D eigenvalue weighted by Gasteiger charge is 2.21. The maximum absolute atomic E-state index is 13.2. The van der Waals surface area contributed by atoms with Crippen molar-refractivity contribution in [2.24, 2.45) is 0 Å². The maximum atomic E-state index is 13.2. The lowest BCUT2D eigenvalue weighted by Crippen LogP contribution is -3.11. The fourth-order valence-corrected chi connectivity index (χ4v) is 3.20. The lowest BCUT2D eigenvalue weighted by atomic mass is 10.1. The number of likely N-dealkylation sites (N-methyl/N-ethyl adjacent to an activating group) is 2. The number of quaternary nitrogens is 1. The van der Waals surface area contributed by atoms with Crippen molar-refractivity contribution in [3.8, 4) is 0 Å². The lowest BCUT2D eigenvalue weighted by molar-refractivity contribution is -0.862. The van der Waals surface area contributed by atoms with Crippen molar-refractivity contribution in [2.45, 2.75) is 6.04 Å². The summed E-state index contributed by atoms with van der Waals surface area (Å²) in [6.07, 6.45) is 0. The van der Waals surface area contributed by atoms with Gasteiger partial charge in [-0.3, -0.25) is 9.59 Å². The van der Waals surface area contributed by atoms with Crippen molar-refractivity contribution in [1.29, 1.82) is 0 Å². The second-order valence-corrected chi connectivity index (χ2v) is 7.15. The molecule has 0 aliphatic heterocycles. The molecule has 2 N–H and O–H groups in total. The molecule has 1 unspecified atom stereocenters. The summed E-state index contributed by atoms with van der Waals surface area (Å²) in [6.45, 7) is 0.434. The average molecular weight is 364 g/mol. The van der Waals surface area contributed by atoms with Crippen LogP contribution in [0.5, 0.6) is 0 Å². The van der Waals surface area contributed by atoms with E-state index in [-0.39, 0.29) is 36.8 Å². The maximum Gasteiger partial charge on any atom is 0.277 e. The van der Waals surface area contributed by atoms with Crippen LogP contribution in [0.25, 0.3) is 0 Å². The summed E-state index contributed by atoms with van der Waals surface area (Å²) in [4.78, 5) is 27.4. The molecule has 0 saturated heterocycles. The average Bonchev–Trinajstić information content (AvgIpc) is 3.07. The Morgan fingerprint density at radius 2 is 1.88 bits per heavy atom. The van der Waals surface area contributed by atoms with Crippen LogP contribution in [0.2, 0.25) is 0 Å². The lowest BCUT2D eigenvalue weighted by Gasteiger charge is -2.20. The number of carbonyl (C=O) groups is 2. The minimum absolute atomic E-state index is 0.0290. The molecule has 1 aromatic heterocycles. The fraction of sp³-hybridized carbons (Fsp3) is 0.333. The van der Waals surface area contributed by atoms with E-state index >= 15 is 0 Å². The van der Waals surface area contributed by atoms with Crippen LogP contribution in [0.3, 0.4) is 0 Å². The predicted molar refractivity (Wildman–Crippen MR) is 96.0 cm³/mol. The van der Waals surface area contributed by atoms with E-state index in [4.69, 9.17) is 0 Å². The standard InChI is InChI=1S/C18H22FN3O2S/c1-21(2)17(24)12-22(3)11-16(23)20-18(15-5-4-10-25-15)13-6-8-14(19)9-7-13/h4-10,18H,11-12H2,1-3H3,(H,20,23)/p+1/t18-/m0/s1. The van der Waals surface area contributed by atoms with Gasteiger partial charge in [0.15, 0.2) is 13.1 Å². The summed E-state index contributed by atoms with van der Waals surface area (Å²) in [6, 6.07) is 9.63. The first kappa shape index (κ1) is 19.1. The third-order valence-electron chi connectivity index (χ3n) is 3.75. The summed E-state index contributed by atoms with van der Waals surface area (Å²) in [7, 11) is 5.19. The van der Waals surface area contributed by atoms with Gasteiger partial charge in [0.1, 0.15) is 5.82 Å². The van der Waals surface area contributed by atoms with E-state index in [1.165, 1.54) is 28.4 Å². The first-order valence-corrected chi connectivity index (χ1v) is 8.84. The van der Waals surface area contributed by atoms with E-state index in [2.05, 4.69) is 5.32 Å². The number of hydrogen-bond acceptors (Lipinski definition) is 3. The molecular weight excluding hydrogens is 341 g/mol. The Balaban J connectivity index is 2.05. The van der Waals surface area contributed by atoms with Gasteiger partial charge in [-0.15, -0.1) is 11.3 Å². The van der Waals surface area contributed by atoms with Gasteiger partial charge in [0.25, 0.3) is 11.8 Å². The Labute approximate surface area is 151 Å². The normalized spacial score (nSPS) is 13.1. The molecule has 0 aliphatic carbocycles. The van der Waals surface area contributed by atoms with Crippen LogP contribution in [-0.2, 0) is 9.59 Å². The van der Waals surface area contributed by atoms with Crippen molar-refractivity contribution >= 4 is 23.2 Å². The van der Waals surface area contributed by atoms with E-state index in [0.717, 1.165) is 15.3 Å². The summed E-state index contributed by atoms with van der Waals surface area (Å²) in [5, 5.41) is 4.93. The van der Waals surface area contributed by atoms with Crippen molar-refractivity contribution in [3.05, 3.63) is 58.0 Å². The molecule has 2 atom stereocenters. The minimum atomic E-state index is -0.328. The SMILES string of the molecule is CN(C)C(=O)C[NH+](C)CC(=O)N[C@@H](c1ccc(F)cc1)c1cccs1. The Bertz CT molecular complexity index is 702. The van der Waals surface area contributed by atoms with Crippen LogP contribution in [0, 0.1) is 5.82 Å². The number of thiophene rings is 1. The number of rotatable bonds is 7. The first-order chi connectivity index (χ1) is 11.9. The molecule has 0 spiro atoms. The largest absolute Gasteiger partial charge is 0.344 e. The summed E-state index contributed by atoms with van der Waals surface area (Å²) >= 11 is 1.53. The van der Waals surface area contributed by atoms with Gasteiger partial charge in [0, 0.05) is 19.0 Å². The second-order valence-electron chi connectivity index (χ2n) is 6.17. The van der Waals surface area contributed by atoms with Gasteiger partial charge in [-0.2, -0.15) is 0 Å². The quantitative estimate of drug-likeness (QED) is 0.760. The number of amides is 2. The molecule has 25 heavy (non-hydrogen) atoms.